The molecule has 1 aliphatic rings. The van der Waals surface area contributed by atoms with Crippen molar-refractivity contribution >= 4 is 23.1 Å². The van der Waals surface area contributed by atoms with Crippen LogP contribution in [0.1, 0.15) is 35.6 Å². The van der Waals surface area contributed by atoms with E-state index in [1.165, 1.54) is 12.4 Å². The fraction of sp³-hybridized carbons (Fsp3) is 0.222. The quantitative estimate of drug-likeness (QED) is 0.708. The number of nitrogens with one attached hydrogen (secondary N) is 1. The van der Waals surface area contributed by atoms with Gasteiger partial charge in [0.25, 0.3) is 11.8 Å². The van der Waals surface area contributed by atoms with E-state index in [4.69, 9.17) is 16.2 Å². The number of nitrogens with two attached hydrogens (primary N) is 2. The molecule has 0 atom stereocenters. The van der Waals surface area contributed by atoms with E-state index in [0.29, 0.717) is 12.2 Å². The molecule has 0 saturated heterocycles. The van der Waals surface area contributed by atoms with Gasteiger partial charge in [0.1, 0.15) is 11.4 Å². The van der Waals surface area contributed by atoms with Crippen molar-refractivity contribution in [1.82, 2.24) is 9.97 Å². The number of fused-ring (bicyclic) bond motifs is 1. The predicted molar refractivity (Wildman–Crippen MR) is 96.2 cm³/mol. The van der Waals surface area contributed by atoms with Crippen LogP contribution >= 0.6 is 0 Å². The lowest BCUT2D eigenvalue weighted by Gasteiger charge is -2.17. The fourth-order valence-electron chi connectivity index (χ4n) is 2.84. The van der Waals surface area contributed by atoms with Crippen LogP contribution in [-0.2, 0) is 11.2 Å². The van der Waals surface area contributed by atoms with E-state index in [-0.39, 0.29) is 28.2 Å². The first-order chi connectivity index (χ1) is 12.3. The van der Waals surface area contributed by atoms with Gasteiger partial charge >= 0.3 is 0 Å². The molecule has 3 rings (SSSR count). The Balaban J connectivity index is 1.95. The minimum absolute atomic E-state index is 0.0816. The highest BCUT2D eigenvalue weighted by atomic mass is 16.5. The molecule has 0 bridgehead atoms. The van der Waals surface area contributed by atoms with Crippen LogP contribution in [0.15, 0.2) is 36.8 Å². The van der Waals surface area contributed by atoms with Gasteiger partial charge in [0.15, 0.2) is 5.82 Å². The number of anilines is 1. The average Bonchev–Trinajstić information content (AvgIpc) is 2.88. The highest BCUT2D eigenvalue weighted by Gasteiger charge is 2.32. The number of amides is 2. The molecule has 2 aromatic rings. The average molecular weight is 353 g/mol. The maximum Gasteiger partial charge on any atom is 0.260 e. The topological polar surface area (TPSA) is 133 Å². The van der Waals surface area contributed by atoms with Gasteiger partial charge < -0.3 is 21.5 Å². The number of aromatic nitrogens is 2. The van der Waals surface area contributed by atoms with Crippen LogP contribution in [0.4, 0.5) is 5.69 Å². The summed E-state index contributed by atoms with van der Waals surface area (Å²) >= 11 is 0. The highest BCUT2D eigenvalue weighted by molar-refractivity contribution is 6.25. The smallest absolute Gasteiger partial charge is 0.260 e. The molecule has 1 aliphatic heterocycles. The van der Waals surface area contributed by atoms with Crippen molar-refractivity contribution in [3.8, 4) is 5.75 Å². The predicted octanol–water partition coefficient (Wildman–Crippen LogP) is 1.23. The zero-order chi connectivity index (χ0) is 18.9. The summed E-state index contributed by atoms with van der Waals surface area (Å²) in [4.78, 5) is 32.5. The Morgan fingerprint density at radius 2 is 1.96 bits per heavy atom. The van der Waals surface area contributed by atoms with E-state index in [1.807, 2.05) is 13.8 Å². The third-order valence-corrected chi connectivity index (χ3v) is 3.93. The first-order valence-corrected chi connectivity index (χ1v) is 7.97. The summed E-state index contributed by atoms with van der Waals surface area (Å²) in [5.74, 6) is -0.452. The Morgan fingerprint density at radius 3 is 2.58 bits per heavy atom. The molecular weight excluding hydrogens is 334 g/mol. The molecule has 0 aliphatic carbocycles. The number of primary amides is 1. The molecule has 1 aromatic heterocycles. The normalized spacial score (nSPS) is 15.1. The Morgan fingerprint density at radius 1 is 1.27 bits per heavy atom. The number of benzene rings is 1. The number of rotatable bonds is 4. The van der Waals surface area contributed by atoms with E-state index < -0.39 is 11.8 Å². The van der Waals surface area contributed by atoms with E-state index >= 15 is 0 Å². The van der Waals surface area contributed by atoms with Crippen LogP contribution in [-0.4, -0.2) is 27.4 Å². The van der Waals surface area contributed by atoms with Crippen molar-refractivity contribution < 1.29 is 14.3 Å². The van der Waals surface area contributed by atoms with E-state index in [0.717, 1.165) is 11.8 Å². The molecule has 2 amide bonds. The maximum atomic E-state index is 12.6. The highest BCUT2D eigenvalue weighted by Crippen LogP contribution is 2.38. The largest absolute Gasteiger partial charge is 0.487 e. The van der Waals surface area contributed by atoms with Gasteiger partial charge in [-0.2, -0.15) is 0 Å². The standard InChI is InChI=1S/C18H19N5O3/c1-18(2)8-10-6-13(11(15(20)24)7-14(10)26-18)23-17(25)12(9-19)16-21-4-3-5-22-16/h3-7,9H,8,19H2,1-2H3,(H2,20,24)(H,23,25). The third-order valence-electron chi connectivity index (χ3n) is 3.93. The minimum atomic E-state index is -0.675. The summed E-state index contributed by atoms with van der Waals surface area (Å²) in [7, 11) is 0. The van der Waals surface area contributed by atoms with Crippen molar-refractivity contribution in [2.24, 2.45) is 11.5 Å². The number of hydrogen-bond donors (Lipinski definition) is 3. The van der Waals surface area contributed by atoms with Crippen LogP contribution < -0.4 is 21.5 Å². The summed E-state index contributed by atoms with van der Waals surface area (Å²) in [6.07, 6.45) is 4.77. The Kier molecular flexibility index (Phi) is 4.33. The molecule has 26 heavy (non-hydrogen) atoms. The maximum absolute atomic E-state index is 12.6. The molecule has 0 radical (unpaired) electrons. The fourth-order valence-corrected chi connectivity index (χ4v) is 2.84. The van der Waals surface area contributed by atoms with Gasteiger partial charge in [-0.25, -0.2) is 9.97 Å². The Labute approximate surface area is 150 Å². The molecule has 0 spiro atoms. The summed E-state index contributed by atoms with van der Waals surface area (Å²) in [5.41, 5.74) is 12.0. The molecule has 0 fully saturated rings. The van der Waals surface area contributed by atoms with Gasteiger partial charge in [-0.1, -0.05) is 0 Å². The summed E-state index contributed by atoms with van der Waals surface area (Å²) in [6.45, 7) is 3.88. The van der Waals surface area contributed by atoms with Crippen molar-refractivity contribution in [2.75, 3.05) is 5.32 Å². The van der Waals surface area contributed by atoms with Crippen LogP contribution in [0, 0.1) is 0 Å². The zero-order valence-corrected chi connectivity index (χ0v) is 14.4. The number of carbonyl (C=O) groups excluding carboxylic acids is 2. The summed E-state index contributed by atoms with van der Waals surface area (Å²) < 4.78 is 5.81. The zero-order valence-electron chi connectivity index (χ0n) is 14.4. The third kappa shape index (κ3) is 3.34. The van der Waals surface area contributed by atoms with Gasteiger partial charge in [-0.15, -0.1) is 0 Å². The van der Waals surface area contributed by atoms with E-state index in [1.54, 1.807) is 18.2 Å². The minimum Gasteiger partial charge on any atom is -0.487 e. The molecule has 8 heteroatoms. The van der Waals surface area contributed by atoms with Crippen molar-refractivity contribution in [2.45, 2.75) is 25.9 Å². The Hall–Kier alpha value is -3.42. The first kappa shape index (κ1) is 17.4. The van der Waals surface area contributed by atoms with Crippen LogP contribution in [0.3, 0.4) is 0 Å². The molecule has 0 saturated carbocycles. The summed E-state index contributed by atoms with van der Waals surface area (Å²) in [6, 6.07) is 4.87. The Bertz CT molecular complexity index is 907. The van der Waals surface area contributed by atoms with Crippen molar-refractivity contribution in [3.05, 3.63) is 53.7 Å². The molecule has 134 valence electrons. The molecule has 5 N–H and O–H groups in total. The van der Waals surface area contributed by atoms with Crippen molar-refractivity contribution in [3.63, 3.8) is 0 Å². The molecule has 2 heterocycles. The first-order valence-electron chi connectivity index (χ1n) is 7.97. The van der Waals surface area contributed by atoms with E-state index in [2.05, 4.69) is 15.3 Å². The lowest BCUT2D eigenvalue weighted by molar-refractivity contribution is -0.111. The number of hydrogen-bond acceptors (Lipinski definition) is 6. The summed E-state index contributed by atoms with van der Waals surface area (Å²) in [5, 5.41) is 2.67. The molecule has 1 aromatic carbocycles. The molecular formula is C18H19N5O3. The SMILES string of the molecule is CC1(C)Cc2cc(NC(=O)C(=CN)c3ncccn3)c(C(N)=O)cc2O1. The van der Waals surface area contributed by atoms with Gasteiger partial charge in [0, 0.05) is 30.6 Å². The van der Waals surface area contributed by atoms with Gasteiger partial charge in [-0.3, -0.25) is 9.59 Å². The van der Waals surface area contributed by atoms with Crippen LogP contribution in [0.25, 0.3) is 5.57 Å². The van der Waals surface area contributed by atoms with Crippen molar-refractivity contribution in [1.29, 1.82) is 0 Å². The second-order valence-corrected chi connectivity index (χ2v) is 6.52. The lowest BCUT2D eigenvalue weighted by Crippen LogP contribution is -2.24. The number of ether oxygens (including phenoxy) is 1. The van der Waals surface area contributed by atoms with Crippen LogP contribution in [0.2, 0.25) is 0 Å². The monoisotopic (exact) mass is 353 g/mol. The van der Waals surface area contributed by atoms with Crippen LogP contribution in [0.5, 0.6) is 5.75 Å². The molecule has 0 unspecified atom stereocenters. The van der Waals surface area contributed by atoms with E-state index in [9.17, 15) is 9.59 Å². The number of nitrogens with zero attached hydrogens (tertiary/aromatic N) is 2. The van der Waals surface area contributed by atoms with Gasteiger partial charge in [0.2, 0.25) is 0 Å². The molecule has 8 nitrogen and oxygen atoms in total. The second-order valence-electron chi connectivity index (χ2n) is 6.52. The lowest BCUT2D eigenvalue weighted by atomic mass is 9.99. The second kappa shape index (κ2) is 6.47. The van der Waals surface area contributed by atoms with Gasteiger partial charge in [0.05, 0.1) is 16.8 Å². The van der Waals surface area contributed by atoms with Gasteiger partial charge in [-0.05, 0) is 32.0 Å². The number of carbonyl (C=O) groups is 2.